The number of methoxy groups -OCH3 is 1. The van der Waals surface area contributed by atoms with Crippen molar-refractivity contribution in [2.45, 2.75) is 13.5 Å². The van der Waals surface area contributed by atoms with E-state index in [2.05, 4.69) is 5.10 Å². The normalized spacial score (nSPS) is 10.7. The van der Waals surface area contributed by atoms with E-state index in [4.69, 9.17) is 4.74 Å². The van der Waals surface area contributed by atoms with Gasteiger partial charge in [-0.3, -0.25) is 4.68 Å². The zero-order valence-corrected chi connectivity index (χ0v) is 10.1. The van der Waals surface area contributed by atoms with Crippen LogP contribution in [0.5, 0.6) is 5.75 Å². The lowest BCUT2D eigenvalue weighted by molar-refractivity contribution is 0.183. The quantitative estimate of drug-likeness (QED) is 0.879. The lowest BCUT2D eigenvalue weighted by atomic mass is 10.1. The van der Waals surface area contributed by atoms with Crippen LogP contribution in [0.4, 0.5) is 0 Å². The Morgan fingerprint density at radius 2 is 2.18 bits per heavy atom. The largest absolute Gasteiger partial charge is 0.508 e. The van der Waals surface area contributed by atoms with Crippen molar-refractivity contribution in [2.75, 3.05) is 13.7 Å². The summed E-state index contributed by atoms with van der Waals surface area (Å²) in [5.74, 6) is 0.320. The first-order valence-electron chi connectivity index (χ1n) is 5.52. The minimum Gasteiger partial charge on any atom is -0.508 e. The van der Waals surface area contributed by atoms with E-state index in [-0.39, 0.29) is 0 Å². The van der Waals surface area contributed by atoms with Gasteiger partial charge in [-0.25, -0.2) is 0 Å². The highest BCUT2D eigenvalue weighted by atomic mass is 16.5. The lowest BCUT2D eigenvalue weighted by Crippen LogP contribution is -2.03. The maximum absolute atomic E-state index is 9.47. The summed E-state index contributed by atoms with van der Waals surface area (Å²) in [7, 11) is 1.67. The van der Waals surface area contributed by atoms with Crippen LogP contribution in [0.2, 0.25) is 0 Å². The fourth-order valence-corrected chi connectivity index (χ4v) is 1.65. The smallest absolute Gasteiger partial charge is 0.118 e. The van der Waals surface area contributed by atoms with Crippen LogP contribution in [0.1, 0.15) is 5.56 Å². The number of aryl methyl sites for hydroxylation is 1. The third kappa shape index (κ3) is 2.65. The van der Waals surface area contributed by atoms with Crippen LogP contribution >= 0.6 is 0 Å². The third-order valence-corrected chi connectivity index (χ3v) is 2.69. The summed E-state index contributed by atoms with van der Waals surface area (Å²) in [5, 5.41) is 13.7. The van der Waals surface area contributed by atoms with Gasteiger partial charge in [0.1, 0.15) is 5.75 Å². The molecule has 0 aliphatic carbocycles. The molecule has 0 saturated carbocycles. The van der Waals surface area contributed by atoms with Gasteiger partial charge in [0.25, 0.3) is 0 Å². The second-order valence-electron chi connectivity index (χ2n) is 3.99. The molecule has 1 heterocycles. The Balaban J connectivity index is 2.21. The first-order valence-corrected chi connectivity index (χ1v) is 5.52. The molecule has 0 unspecified atom stereocenters. The highest BCUT2D eigenvalue weighted by Gasteiger charge is 2.03. The van der Waals surface area contributed by atoms with E-state index >= 15 is 0 Å². The molecule has 90 valence electrons. The number of rotatable bonds is 4. The standard InChI is InChI=1S/C13H16N2O2/c1-10-7-11(3-4-13(10)16)12-8-14-15(9-12)5-6-17-2/h3-4,7-9,16H,5-6H2,1-2H3. The number of aromatic nitrogens is 2. The number of phenols is 1. The average molecular weight is 232 g/mol. The van der Waals surface area contributed by atoms with Crippen molar-refractivity contribution in [3.63, 3.8) is 0 Å². The fraction of sp³-hybridized carbons (Fsp3) is 0.308. The Hall–Kier alpha value is -1.81. The fourth-order valence-electron chi connectivity index (χ4n) is 1.65. The maximum atomic E-state index is 9.47. The molecular weight excluding hydrogens is 216 g/mol. The molecule has 0 bridgehead atoms. The van der Waals surface area contributed by atoms with Crippen LogP contribution in [-0.2, 0) is 11.3 Å². The first-order chi connectivity index (χ1) is 8.20. The van der Waals surface area contributed by atoms with Gasteiger partial charge in [0.15, 0.2) is 0 Å². The zero-order valence-electron chi connectivity index (χ0n) is 10.1. The van der Waals surface area contributed by atoms with E-state index in [9.17, 15) is 5.11 Å². The molecule has 0 amide bonds. The molecule has 4 heteroatoms. The molecule has 0 fully saturated rings. The van der Waals surface area contributed by atoms with Crippen LogP contribution in [0.25, 0.3) is 11.1 Å². The number of benzene rings is 1. The van der Waals surface area contributed by atoms with Gasteiger partial charge in [-0.15, -0.1) is 0 Å². The van der Waals surface area contributed by atoms with Gasteiger partial charge in [0, 0.05) is 18.9 Å². The number of aromatic hydroxyl groups is 1. The zero-order chi connectivity index (χ0) is 12.3. The molecule has 1 aromatic heterocycles. The van der Waals surface area contributed by atoms with Gasteiger partial charge in [-0.2, -0.15) is 5.10 Å². The van der Waals surface area contributed by atoms with Gasteiger partial charge in [0.05, 0.1) is 19.3 Å². The molecule has 0 aliphatic rings. The topological polar surface area (TPSA) is 47.3 Å². The number of hydrogen-bond acceptors (Lipinski definition) is 3. The Morgan fingerprint density at radius 3 is 2.88 bits per heavy atom. The summed E-state index contributed by atoms with van der Waals surface area (Å²) in [5.41, 5.74) is 2.97. The highest BCUT2D eigenvalue weighted by Crippen LogP contribution is 2.24. The summed E-state index contributed by atoms with van der Waals surface area (Å²) in [6, 6.07) is 5.55. The van der Waals surface area contributed by atoms with E-state index in [0.29, 0.717) is 12.4 Å². The van der Waals surface area contributed by atoms with Crippen molar-refractivity contribution in [1.29, 1.82) is 0 Å². The molecule has 2 rings (SSSR count). The van der Waals surface area contributed by atoms with Gasteiger partial charge in [0.2, 0.25) is 0 Å². The summed E-state index contributed by atoms with van der Waals surface area (Å²) in [6.07, 6.45) is 3.80. The molecule has 0 spiro atoms. The van der Waals surface area contributed by atoms with Crippen LogP contribution in [0.15, 0.2) is 30.6 Å². The van der Waals surface area contributed by atoms with Crippen molar-refractivity contribution in [3.05, 3.63) is 36.2 Å². The van der Waals surface area contributed by atoms with Crippen LogP contribution in [-0.4, -0.2) is 28.6 Å². The molecule has 4 nitrogen and oxygen atoms in total. The van der Waals surface area contributed by atoms with E-state index in [0.717, 1.165) is 23.2 Å². The third-order valence-electron chi connectivity index (χ3n) is 2.69. The van der Waals surface area contributed by atoms with Crippen molar-refractivity contribution < 1.29 is 9.84 Å². The molecule has 0 radical (unpaired) electrons. The van der Waals surface area contributed by atoms with Gasteiger partial charge >= 0.3 is 0 Å². The van der Waals surface area contributed by atoms with Gasteiger partial charge in [-0.1, -0.05) is 6.07 Å². The number of phenolic OH excluding ortho intramolecular Hbond substituents is 1. The molecule has 0 aliphatic heterocycles. The van der Waals surface area contributed by atoms with Crippen LogP contribution < -0.4 is 0 Å². The monoisotopic (exact) mass is 232 g/mol. The number of ether oxygens (including phenoxy) is 1. The van der Waals surface area contributed by atoms with Crippen molar-refractivity contribution in [1.82, 2.24) is 9.78 Å². The molecule has 2 aromatic rings. The first kappa shape index (κ1) is 11.7. The minimum absolute atomic E-state index is 0.320. The lowest BCUT2D eigenvalue weighted by Gasteiger charge is -2.02. The second-order valence-corrected chi connectivity index (χ2v) is 3.99. The average Bonchev–Trinajstić information content (AvgIpc) is 2.79. The van der Waals surface area contributed by atoms with E-state index in [1.807, 2.05) is 36.1 Å². The Labute approximate surface area is 100 Å². The Morgan fingerprint density at radius 1 is 1.35 bits per heavy atom. The summed E-state index contributed by atoms with van der Waals surface area (Å²) in [4.78, 5) is 0. The van der Waals surface area contributed by atoms with Gasteiger partial charge in [-0.05, 0) is 30.2 Å². The predicted octanol–water partition coefficient (Wildman–Crippen LogP) is 2.21. The second kappa shape index (κ2) is 5.01. The van der Waals surface area contributed by atoms with Crippen molar-refractivity contribution >= 4 is 0 Å². The molecule has 0 saturated heterocycles. The number of nitrogens with zero attached hydrogens (tertiary/aromatic N) is 2. The summed E-state index contributed by atoms with van der Waals surface area (Å²) >= 11 is 0. The SMILES string of the molecule is COCCn1cc(-c2ccc(O)c(C)c2)cn1. The molecule has 0 atom stereocenters. The van der Waals surface area contributed by atoms with Crippen LogP contribution in [0, 0.1) is 6.92 Å². The summed E-state index contributed by atoms with van der Waals surface area (Å²) in [6.45, 7) is 3.28. The highest BCUT2D eigenvalue weighted by molar-refractivity contribution is 5.64. The molecule has 1 aromatic carbocycles. The molecule has 17 heavy (non-hydrogen) atoms. The Kier molecular flexibility index (Phi) is 3.44. The van der Waals surface area contributed by atoms with Crippen molar-refractivity contribution in [3.8, 4) is 16.9 Å². The summed E-state index contributed by atoms with van der Waals surface area (Å²) < 4.78 is 6.85. The van der Waals surface area contributed by atoms with Crippen molar-refractivity contribution in [2.24, 2.45) is 0 Å². The van der Waals surface area contributed by atoms with E-state index in [1.165, 1.54) is 0 Å². The van der Waals surface area contributed by atoms with Gasteiger partial charge < -0.3 is 9.84 Å². The number of hydrogen-bond donors (Lipinski definition) is 1. The molecular formula is C13H16N2O2. The minimum atomic E-state index is 0.320. The maximum Gasteiger partial charge on any atom is 0.118 e. The predicted molar refractivity (Wildman–Crippen MR) is 65.9 cm³/mol. The van der Waals surface area contributed by atoms with Crippen LogP contribution in [0.3, 0.4) is 0 Å². The Bertz CT molecular complexity index is 506. The molecule has 1 N–H and O–H groups in total. The van der Waals surface area contributed by atoms with E-state index in [1.54, 1.807) is 13.2 Å². The van der Waals surface area contributed by atoms with E-state index < -0.39 is 0 Å².